The van der Waals surface area contributed by atoms with Gasteiger partial charge in [-0.15, -0.1) is 16.4 Å². The third kappa shape index (κ3) is 3.01. The highest BCUT2D eigenvalue weighted by atomic mass is 32.1. The fraction of sp³-hybridized carbons (Fsp3) is 0.444. The van der Waals surface area contributed by atoms with Crippen LogP contribution >= 0.6 is 22.7 Å². The van der Waals surface area contributed by atoms with Gasteiger partial charge in [-0.3, -0.25) is 9.69 Å². The number of aromatic amines is 1. The summed E-state index contributed by atoms with van der Waals surface area (Å²) in [4.78, 5) is 32.2. The largest absolute Gasteiger partial charge is 0.344 e. The molecule has 0 amide bonds. The van der Waals surface area contributed by atoms with E-state index in [0.717, 1.165) is 68.4 Å². The summed E-state index contributed by atoms with van der Waals surface area (Å²) in [5.74, 6) is 0.746. The molecule has 1 saturated heterocycles. The smallest absolute Gasteiger partial charge is 0.259 e. The highest BCUT2D eigenvalue weighted by Crippen LogP contribution is 2.26. The minimum absolute atomic E-state index is 0.0260. The van der Waals surface area contributed by atoms with Gasteiger partial charge in [-0.25, -0.2) is 14.5 Å². The van der Waals surface area contributed by atoms with Crippen molar-refractivity contribution in [1.29, 1.82) is 0 Å². The number of H-pyrrole nitrogens is 1. The molecule has 1 aliphatic rings. The second kappa shape index (κ2) is 6.64. The Hall–Kier alpha value is -2.30. The molecule has 1 fully saturated rings. The highest BCUT2D eigenvalue weighted by molar-refractivity contribution is 7.20. The quantitative estimate of drug-likeness (QED) is 0.553. The summed E-state index contributed by atoms with van der Waals surface area (Å²) in [5, 5.41) is 6.39. The lowest BCUT2D eigenvalue weighted by Crippen LogP contribution is -2.46. The van der Waals surface area contributed by atoms with Gasteiger partial charge in [-0.2, -0.15) is 0 Å². The summed E-state index contributed by atoms with van der Waals surface area (Å²) in [6.45, 7) is 10.3. The fourth-order valence-electron chi connectivity index (χ4n) is 3.61. The van der Waals surface area contributed by atoms with Crippen LogP contribution in [0.5, 0.6) is 0 Å². The van der Waals surface area contributed by atoms with Crippen molar-refractivity contribution in [2.45, 2.75) is 27.3 Å². The first kappa shape index (κ1) is 17.8. The van der Waals surface area contributed by atoms with Crippen LogP contribution in [0.25, 0.3) is 15.2 Å². The number of fused-ring (bicyclic) bond motifs is 2. The minimum atomic E-state index is -0.0260. The molecule has 0 radical (unpaired) electrons. The summed E-state index contributed by atoms with van der Waals surface area (Å²) < 4.78 is 1.86. The molecule has 5 heterocycles. The maximum Gasteiger partial charge on any atom is 0.259 e. The van der Waals surface area contributed by atoms with E-state index in [0.29, 0.717) is 6.54 Å². The Morgan fingerprint density at radius 3 is 2.64 bits per heavy atom. The van der Waals surface area contributed by atoms with Crippen LogP contribution < -0.4 is 10.5 Å². The number of nitrogens with one attached hydrogen (secondary N) is 1. The predicted molar refractivity (Wildman–Crippen MR) is 113 cm³/mol. The van der Waals surface area contributed by atoms with Crippen molar-refractivity contribution >= 4 is 43.0 Å². The number of aryl methyl sites for hydroxylation is 3. The van der Waals surface area contributed by atoms with Crippen molar-refractivity contribution in [1.82, 2.24) is 29.5 Å². The van der Waals surface area contributed by atoms with Gasteiger partial charge in [0.25, 0.3) is 5.56 Å². The van der Waals surface area contributed by atoms with Crippen LogP contribution in [0.2, 0.25) is 0 Å². The average molecular weight is 416 g/mol. The van der Waals surface area contributed by atoms with Crippen LogP contribution in [0, 0.1) is 20.8 Å². The van der Waals surface area contributed by atoms with Gasteiger partial charge in [0.05, 0.1) is 23.8 Å². The zero-order valence-corrected chi connectivity index (χ0v) is 17.7. The van der Waals surface area contributed by atoms with E-state index in [9.17, 15) is 4.79 Å². The lowest BCUT2D eigenvalue weighted by atomic mass is 10.2. The van der Waals surface area contributed by atoms with E-state index >= 15 is 0 Å². The first-order valence-corrected chi connectivity index (χ1v) is 10.9. The summed E-state index contributed by atoms with van der Waals surface area (Å²) in [6.07, 6.45) is 1.96. The van der Waals surface area contributed by atoms with Gasteiger partial charge in [0.15, 0.2) is 0 Å². The maximum atomic E-state index is 12.5. The molecular weight excluding hydrogens is 394 g/mol. The standard InChI is InChI=1S/C18H21N7OS2/c1-10-8-25-17(19-10)28-18(22-25)24-6-4-23(5-7-24)9-13-20-15(26)14-11(2)12(3)27-16(14)21-13/h8H,4-7,9H2,1-3H3,(H,20,21,26). The van der Waals surface area contributed by atoms with Gasteiger partial charge < -0.3 is 9.88 Å². The SMILES string of the molecule is Cc1cn2nc(N3CCN(Cc4nc5sc(C)c(C)c5c(=O)[nH]4)CC3)sc2n1. The van der Waals surface area contributed by atoms with Crippen molar-refractivity contribution in [2.24, 2.45) is 0 Å². The van der Waals surface area contributed by atoms with Crippen LogP contribution in [0.4, 0.5) is 5.13 Å². The Kier molecular flexibility index (Phi) is 4.22. The predicted octanol–water partition coefficient (Wildman–Crippen LogP) is 2.34. The number of hydrogen-bond acceptors (Lipinski definition) is 8. The van der Waals surface area contributed by atoms with E-state index in [4.69, 9.17) is 4.98 Å². The first-order chi connectivity index (χ1) is 13.5. The minimum Gasteiger partial charge on any atom is -0.344 e. The molecular formula is C18H21N7OS2. The van der Waals surface area contributed by atoms with Crippen molar-refractivity contribution in [3.63, 3.8) is 0 Å². The van der Waals surface area contributed by atoms with Gasteiger partial charge in [0.1, 0.15) is 10.7 Å². The van der Waals surface area contributed by atoms with Crippen molar-refractivity contribution in [3.05, 3.63) is 38.5 Å². The first-order valence-electron chi connectivity index (χ1n) is 9.27. The Morgan fingerprint density at radius 1 is 1.11 bits per heavy atom. The summed E-state index contributed by atoms with van der Waals surface area (Å²) in [7, 11) is 0. The van der Waals surface area contributed by atoms with Crippen molar-refractivity contribution in [2.75, 3.05) is 31.1 Å². The molecule has 1 N–H and O–H groups in total. The molecule has 4 aromatic rings. The zero-order chi connectivity index (χ0) is 19.4. The Labute approximate surface area is 169 Å². The molecule has 0 spiro atoms. The summed E-state index contributed by atoms with van der Waals surface area (Å²) in [5.41, 5.74) is 2.01. The number of aromatic nitrogens is 5. The van der Waals surface area contributed by atoms with Crippen LogP contribution in [0.15, 0.2) is 11.0 Å². The van der Waals surface area contributed by atoms with Gasteiger partial charge in [0.2, 0.25) is 10.1 Å². The molecule has 5 rings (SSSR count). The molecule has 0 bridgehead atoms. The summed E-state index contributed by atoms with van der Waals surface area (Å²) >= 11 is 3.22. The number of thiophene rings is 1. The number of nitrogens with zero attached hydrogens (tertiary/aromatic N) is 6. The van der Waals surface area contributed by atoms with E-state index in [2.05, 4.69) is 24.9 Å². The molecule has 28 heavy (non-hydrogen) atoms. The van der Waals surface area contributed by atoms with Crippen LogP contribution in [0.1, 0.15) is 22.0 Å². The monoisotopic (exact) mass is 415 g/mol. The second-order valence-electron chi connectivity index (χ2n) is 7.23. The normalized spacial score (nSPS) is 15.9. The van der Waals surface area contributed by atoms with Gasteiger partial charge >= 0.3 is 0 Å². The highest BCUT2D eigenvalue weighted by Gasteiger charge is 2.22. The molecule has 8 nitrogen and oxygen atoms in total. The van der Waals surface area contributed by atoms with Gasteiger partial charge in [-0.1, -0.05) is 11.3 Å². The van der Waals surface area contributed by atoms with Crippen LogP contribution in [0.3, 0.4) is 0 Å². The molecule has 146 valence electrons. The second-order valence-corrected chi connectivity index (χ2v) is 9.37. The lowest BCUT2D eigenvalue weighted by molar-refractivity contribution is 0.244. The number of hydrogen-bond donors (Lipinski definition) is 1. The molecule has 0 unspecified atom stereocenters. The van der Waals surface area contributed by atoms with E-state index in [1.807, 2.05) is 31.5 Å². The number of anilines is 1. The topological polar surface area (TPSA) is 82.4 Å². The van der Waals surface area contributed by atoms with Gasteiger partial charge in [-0.05, 0) is 26.3 Å². The third-order valence-electron chi connectivity index (χ3n) is 5.26. The zero-order valence-electron chi connectivity index (χ0n) is 16.0. The number of imidazole rings is 1. The van der Waals surface area contributed by atoms with Crippen LogP contribution in [-0.2, 0) is 6.54 Å². The molecule has 0 aliphatic carbocycles. The Morgan fingerprint density at radius 2 is 1.89 bits per heavy atom. The van der Waals surface area contributed by atoms with E-state index in [1.165, 1.54) is 0 Å². The lowest BCUT2D eigenvalue weighted by Gasteiger charge is -2.33. The maximum absolute atomic E-state index is 12.5. The Bertz CT molecular complexity index is 1190. The van der Waals surface area contributed by atoms with Gasteiger partial charge in [0, 0.05) is 31.1 Å². The number of rotatable bonds is 3. The van der Waals surface area contributed by atoms with Crippen molar-refractivity contribution < 1.29 is 0 Å². The fourth-order valence-corrected chi connectivity index (χ4v) is 5.64. The van der Waals surface area contributed by atoms with E-state index in [-0.39, 0.29) is 5.56 Å². The summed E-state index contributed by atoms with van der Waals surface area (Å²) in [6, 6.07) is 0. The average Bonchev–Trinajstić information content (AvgIpc) is 3.27. The Balaban J connectivity index is 1.28. The van der Waals surface area contributed by atoms with Crippen LogP contribution in [-0.4, -0.2) is 55.6 Å². The molecule has 10 heteroatoms. The molecule has 1 aliphatic heterocycles. The molecule has 0 saturated carbocycles. The van der Waals surface area contributed by atoms with E-state index < -0.39 is 0 Å². The third-order valence-corrected chi connectivity index (χ3v) is 7.34. The number of piperazine rings is 1. The molecule has 4 aromatic heterocycles. The molecule has 0 aromatic carbocycles. The van der Waals surface area contributed by atoms with Crippen molar-refractivity contribution in [3.8, 4) is 0 Å². The molecule has 0 atom stereocenters. The van der Waals surface area contributed by atoms with E-state index in [1.54, 1.807) is 22.7 Å².